The summed E-state index contributed by atoms with van der Waals surface area (Å²) in [4.78, 5) is 0. The van der Waals surface area contributed by atoms with Crippen LogP contribution in [0.1, 0.15) is 56.7 Å². The first-order valence-corrected chi connectivity index (χ1v) is 8.34. The summed E-state index contributed by atoms with van der Waals surface area (Å²) in [6, 6.07) is 6.54. The molecular formula is C21H32O. The maximum atomic E-state index is 6.01. The highest BCUT2D eigenvalue weighted by atomic mass is 16.5. The van der Waals surface area contributed by atoms with Crippen LogP contribution < -0.4 is 0 Å². The van der Waals surface area contributed by atoms with Crippen LogP contribution in [0.3, 0.4) is 0 Å². The average Bonchev–Trinajstić information content (AvgIpc) is 2.47. The molecule has 0 spiro atoms. The van der Waals surface area contributed by atoms with Crippen molar-refractivity contribution in [2.45, 2.75) is 59.5 Å². The van der Waals surface area contributed by atoms with Gasteiger partial charge in [-0.05, 0) is 63.1 Å². The molecule has 0 aromatic heterocycles. The van der Waals surface area contributed by atoms with Crippen molar-refractivity contribution >= 4 is 6.08 Å². The number of hydrogen-bond donors (Lipinski definition) is 0. The molecule has 122 valence electrons. The van der Waals surface area contributed by atoms with E-state index in [2.05, 4.69) is 71.5 Å². The molecule has 1 rings (SSSR count). The Labute approximate surface area is 137 Å². The summed E-state index contributed by atoms with van der Waals surface area (Å²) in [6.45, 7) is 15.4. The normalized spacial score (nSPS) is 13.5. The molecule has 1 unspecified atom stereocenters. The Kier molecular flexibility index (Phi) is 7.61. The van der Waals surface area contributed by atoms with Gasteiger partial charge in [-0.3, -0.25) is 0 Å². The summed E-state index contributed by atoms with van der Waals surface area (Å²) in [5, 5.41) is 0. The molecular weight excluding hydrogens is 268 g/mol. The Morgan fingerprint density at radius 3 is 2.59 bits per heavy atom. The minimum Gasteiger partial charge on any atom is -0.372 e. The molecule has 0 N–H and O–H groups in total. The third kappa shape index (κ3) is 7.09. The van der Waals surface area contributed by atoms with Gasteiger partial charge in [-0.2, -0.15) is 0 Å². The van der Waals surface area contributed by atoms with Gasteiger partial charge < -0.3 is 4.74 Å². The zero-order valence-corrected chi connectivity index (χ0v) is 15.0. The monoisotopic (exact) mass is 300 g/mol. The summed E-state index contributed by atoms with van der Waals surface area (Å²) < 4.78 is 6.01. The number of benzene rings is 1. The van der Waals surface area contributed by atoms with Gasteiger partial charge in [0.25, 0.3) is 0 Å². The van der Waals surface area contributed by atoms with E-state index in [1.165, 1.54) is 29.5 Å². The van der Waals surface area contributed by atoms with Crippen LogP contribution in [-0.2, 0) is 4.74 Å². The van der Waals surface area contributed by atoms with E-state index in [1.807, 2.05) is 6.08 Å². The Morgan fingerprint density at radius 1 is 1.23 bits per heavy atom. The third-order valence-corrected chi connectivity index (χ3v) is 4.25. The fourth-order valence-corrected chi connectivity index (χ4v) is 2.37. The molecule has 0 fully saturated rings. The van der Waals surface area contributed by atoms with Crippen molar-refractivity contribution in [3.05, 3.63) is 53.6 Å². The lowest BCUT2D eigenvalue weighted by molar-refractivity contribution is -0.00909. The molecule has 0 amide bonds. The highest BCUT2D eigenvalue weighted by Crippen LogP contribution is 2.20. The first kappa shape index (κ1) is 18.7. The van der Waals surface area contributed by atoms with E-state index >= 15 is 0 Å². The number of aryl methyl sites for hydroxylation is 2. The highest BCUT2D eigenvalue weighted by molar-refractivity contribution is 5.51. The van der Waals surface area contributed by atoms with E-state index in [-0.39, 0.29) is 5.60 Å². The van der Waals surface area contributed by atoms with Gasteiger partial charge in [0, 0.05) is 0 Å². The number of allylic oxidation sites excluding steroid dienone is 1. The molecule has 0 radical (unpaired) electrons. The van der Waals surface area contributed by atoms with Crippen molar-refractivity contribution in [3.63, 3.8) is 0 Å². The van der Waals surface area contributed by atoms with Crippen molar-refractivity contribution < 1.29 is 4.74 Å². The SMILES string of the molecule is C=CC(C)CCCC(C)(C)OC/C=C/c1ccc(C)c(C)c1. The van der Waals surface area contributed by atoms with Crippen molar-refractivity contribution in [1.29, 1.82) is 0 Å². The molecule has 22 heavy (non-hydrogen) atoms. The zero-order chi connectivity index (χ0) is 16.6. The Balaban J connectivity index is 2.36. The molecule has 1 aromatic rings. The van der Waals surface area contributed by atoms with Gasteiger partial charge in [0.15, 0.2) is 0 Å². The molecule has 0 saturated carbocycles. The lowest BCUT2D eigenvalue weighted by Gasteiger charge is -2.25. The lowest BCUT2D eigenvalue weighted by atomic mass is 9.97. The second kappa shape index (κ2) is 8.95. The predicted octanol–water partition coefficient (Wildman–Crippen LogP) is 6.10. The van der Waals surface area contributed by atoms with Crippen molar-refractivity contribution in [2.24, 2.45) is 5.92 Å². The Hall–Kier alpha value is -1.34. The van der Waals surface area contributed by atoms with Gasteiger partial charge >= 0.3 is 0 Å². The first-order valence-electron chi connectivity index (χ1n) is 8.34. The molecule has 0 aliphatic carbocycles. The Bertz CT molecular complexity index is 497. The molecule has 0 bridgehead atoms. The summed E-state index contributed by atoms with van der Waals surface area (Å²) in [6.07, 6.45) is 9.74. The van der Waals surface area contributed by atoms with Crippen LogP contribution in [0.15, 0.2) is 36.9 Å². The largest absolute Gasteiger partial charge is 0.372 e. The van der Waals surface area contributed by atoms with Gasteiger partial charge in [0.05, 0.1) is 12.2 Å². The van der Waals surface area contributed by atoms with Crippen LogP contribution >= 0.6 is 0 Å². The molecule has 1 nitrogen and oxygen atoms in total. The Morgan fingerprint density at radius 2 is 1.95 bits per heavy atom. The fraction of sp³-hybridized carbons (Fsp3) is 0.524. The quantitative estimate of drug-likeness (QED) is 0.500. The van der Waals surface area contributed by atoms with Gasteiger partial charge in [-0.15, -0.1) is 6.58 Å². The van der Waals surface area contributed by atoms with Crippen molar-refractivity contribution in [1.82, 2.24) is 0 Å². The molecule has 1 heteroatoms. The molecule has 0 aliphatic rings. The van der Waals surface area contributed by atoms with Gasteiger partial charge in [0.1, 0.15) is 0 Å². The third-order valence-electron chi connectivity index (χ3n) is 4.25. The summed E-state index contributed by atoms with van der Waals surface area (Å²) in [5.41, 5.74) is 3.85. The van der Waals surface area contributed by atoms with Crippen LogP contribution in [-0.4, -0.2) is 12.2 Å². The van der Waals surface area contributed by atoms with Crippen molar-refractivity contribution in [3.8, 4) is 0 Å². The fourth-order valence-electron chi connectivity index (χ4n) is 2.37. The topological polar surface area (TPSA) is 9.23 Å². The highest BCUT2D eigenvalue weighted by Gasteiger charge is 2.17. The predicted molar refractivity (Wildman–Crippen MR) is 98.2 cm³/mol. The molecule has 0 heterocycles. The second-order valence-corrected chi connectivity index (χ2v) is 6.92. The van der Waals surface area contributed by atoms with Gasteiger partial charge in [0.2, 0.25) is 0 Å². The maximum absolute atomic E-state index is 6.01. The van der Waals surface area contributed by atoms with Crippen LogP contribution in [0, 0.1) is 19.8 Å². The minimum atomic E-state index is -0.0611. The van der Waals surface area contributed by atoms with Crippen LogP contribution in [0.4, 0.5) is 0 Å². The number of hydrogen-bond acceptors (Lipinski definition) is 1. The van der Waals surface area contributed by atoms with E-state index in [4.69, 9.17) is 4.74 Å². The number of rotatable bonds is 9. The molecule has 0 aliphatic heterocycles. The second-order valence-electron chi connectivity index (χ2n) is 6.92. The minimum absolute atomic E-state index is 0.0611. The standard InChI is InChI=1S/C21H32O/c1-7-17(2)10-8-14-21(5,6)22-15-9-11-20-13-12-18(3)19(4)16-20/h7,9,11-13,16-17H,1,8,10,14-15H2,2-6H3/b11-9+. The van der Waals surface area contributed by atoms with E-state index in [1.54, 1.807) is 0 Å². The van der Waals surface area contributed by atoms with E-state index < -0.39 is 0 Å². The summed E-state index contributed by atoms with van der Waals surface area (Å²) in [7, 11) is 0. The van der Waals surface area contributed by atoms with Crippen molar-refractivity contribution in [2.75, 3.05) is 6.61 Å². The van der Waals surface area contributed by atoms with E-state index in [9.17, 15) is 0 Å². The summed E-state index contributed by atoms with van der Waals surface area (Å²) >= 11 is 0. The van der Waals surface area contributed by atoms with Crippen LogP contribution in [0.5, 0.6) is 0 Å². The van der Waals surface area contributed by atoms with E-state index in [0.717, 1.165) is 6.42 Å². The first-order chi connectivity index (χ1) is 10.3. The molecule has 1 aromatic carbocycles. The molecule has 1 atom stereocenters. The smallest absolute Gasteiger partial charge is 0.0657 e. The number of ether oxygens (including phenoxy) is 1. The van der Waals surface area contributed by atoms with E-state index in [0.29, 0.717) is 12.5 Å². The molecule has 0 saturated heterocycles. The van der Waals surface area contributed by atoms with Crippen LogP contribution in [0.2, 0.25) is 0 Å². The van der Waals surface area contributed by atoms with Gasteiger partial charge in [-0.1, -0.05) is 49.8 Å². The maximum Gasteiger partial charge on any atom is 0.0657 e. The average molecular weight is 300 g/mol. The zero-order valence-electron chi connectivity index (χ0n) is 15.0. The lowest BCUT2D eigenvalue weighted by Crippen LogP contribution is -2.24. The van der Waals surface area contributed by atoms with Gasteiger partial charge in [-0.25, -0.2) is 0 Å². The van der Waals surface area contributed by atoms with Crippen LogP contribution in [0.25, 0.3) is 6.08 Å². The summed E-state index contributed by atoms with van der Waals surface area (Å²) in [5.74, 6) is 0.598.